The van der Waals surface area contributed by atoms with E-state index in [2.05, 4.69) is 11.8 Å². The molecule has 4 heteroatoms. The van der Waals surface area contributed by atoms with Gasteiger partial charge in [-0.05, 0) is 51.1 Å². The van der Waals surface area contributed by atoms with Gasteiger partial charge in [-0.25, -0.2) is 0 Å². The van der Waals surface area contributed by atoms with E-state index in [1.54, 1.807) is 0 Å². The van der Waals surface area contributed by atoms with Gasteiger partial charge in [-0.2, -0.15) is 0 Å². The molecule has 4 aliphatic rings. The molecule has 20 heavy (non-hydrogen) atoms. The summed E-state index contributed by atoms with van der Waals surface area (Å²) in [6.45, 7) is 4.09. The van der Waals surface area contributed by atoms with Crippen molar-refractivity contribution in [2.75, 3.05) is 13.1 Å². The van der Waals surface area contributed by atoms with Crippen LogP contribution in [-0.2, 0) is 4.79 Å². The highest BCUT2D eigenvalue weighted by molar-refractivity contribution is 5.85. The molecule has 4 rings (SSSR count). The Morgan fingerprint density at radius 1 is 1.30 bits per heavy atom. The molecular weight excluding hydrogens is 254 g/mol. The molecular formula is C16H25NO3. The van der Waals surface area contributed by atoms with Gasteiger partial charge in [-0.15, -0.1) is 0 Å². The van der Waals surface area contributed by atoms with Crippen LogP contribution in [0.5, 0.6) is 0 Å². The molecule has 0 amide bonds. The number of Topliss-reactive ketones (excluding diaryl/α,β-unsaturated/α-hetero) is 1. The van der Waals surface area contributed by atoms with E-state index in [1.807, 2.05) is 0 Å². The molecule has 2 N–H and O–H groups in total. The lowest BCUT2D eigenvalue weighted by atomic mass is 9.45. The fourth-order valence-corrected chi connectivity index (χ4v) is 6.11. The number of rotatable bonds is 0. The fraction of sp³-hybridized carbons (Fsp3) is 0.938. The van der Waals surface area contributed by atoms with Gasteiger partial charge in [0.2, 0.25) is 0 Å². The molecule has 112 valence electrons. The van der Waals surface area contributed by atoms with E-state index < -0.39 is 11.7 Å². The first-order chi connectivity index (χ1) is 9.50. The first kappa shape index (κ1) is 13.2. The van der Waals surface area contributed by atoms with Gasteiger partial charge < -0.3 is 10.2 Å². The fourth-order valence-electron chi connectivity index (χ4n) is 6.11. The largest absolute Gasteiger partial charge is 0.392 e. The number of carbonyl (C=O) groups excluding carboxylic acids is 1. The molecule has 0 radical (unpaired) electrons. The zero-order valence-electron chi connectivity index (χ0n) is 12.2. The minimum Gasteiger partial charge on any atom is -0.392 e. The Bertz CT molecular complexity index is 451. The standard InChI is InChI=1S/C16H25NO3/c1-10-9-15-11-4-2-6-17(15)7-3-5-16(15,20)12(14(10)19)8-13(11)18/h10-12,14,19-20H,2-9H2,1H3/t10-,11+,12+,14+,15-,16-/m0/s1. The molecule has 6 atom stereocenters. The van der Waals surface area contributed by atoms with Gasteiger partial charge in [0, 0.05) is 18.3 Å². The lowest BCUT2D eigenvalue weighted by Gasteiger charge is -2.70. The van der Waals surface area contributed by atoms with Crippen LogP contribution in [0, 0.1) is 17.8 Å². The Morgan fingerprint density at radius 3 is 2.85 bits per heavy atom. The summed E-state index contributed by atoms with van der Waals surface area (Å²) in [5, 5.41) is 22.1. The number of nitrogens with zero attached hydrogens (tertiary/aromatic N) is 1. The van der Waals surface area contributed by atoms with Gasteiger partial charge in [-0.1, -0.05) is 6.92 Å². The number of hydrogen-bond donors (Lipinski definition) is 2. The van der Waals surface area contributed by atoms with E-state index in [0.717, 1.165) is 45.2 Å². The smallest absolute Gasteiger partial charge is 0.138 e. The van der Waals surface area contributed by atoms with E-state index in [0.29, 0.717) is 6.42 Å². The van der Waals surface area contributed by atoms with Crippen LogP contribution >= 0.6 is 0 Å². The minimum atomic E-state index is -0.851. The Hall–Kier alpha value is -0.450. The molecule has 4 fully saturated rings. The van der Waals surface area contributed by atoms with Crippen molar-refractivity contribution >= 4 is 5.78 Å². The minimum absolute atomic E-state index is 0.00671. The van der Waals surface area contributed by atoms with Crippen LogP contribution in [-0.4, -0.2) is 51.2 Å². The van der Waals surface area contributed by atoms with Crippen LogP contribution < -0.4 is 0 Å². The maximum absolute atomic E-state index is 12.6. The van der Waals surface area contributed by atoms with Gasteiger partial charge in [0.1, 0.15) is 5.78 Å². The highest BCUT2D eigenvalue weighted by Crippen LogP contribution is 2.61. The predicted molar refractivity (Wildman–Crippen MR) is 74.1 cm³/mol. The van der Waals surface area contributed by atoms with Gasteiger partial charge in [0.15, 0.2) is 0 Å². The lowest BCUT2D eigenvalue weighted by Crippen LogP contribution is -2.81. The maximum atomic E-state index is 12.6. The van der Waals surface area contributed by atoms with Crippen LogP contribution in [0.1, 0.15) is 45.4 Å². The van der Waals surface area contributed by atoms with Crippen LogP contribution in [0.2, 0.25) is 0 Å². The van der Waals surface area contributed by atoms with Gasteiger partial charge in [0.05, 0.1) is 17.2 Å². The van der Waals surface area contributed by atoms with Crippen molar-refractivity contribution < 1.29 is 15.0 Å². The normalized spacial score (nSPS) is 55.5. The molecule has 0 aromatic heterocycles. The summed E-state index contributed by atoms with van der Waals surface area (Å²) in [4.78, 5) is 15.0. The SMILES string of the molecule is C[C@H]1C[C@@]23[C@@H]4CCCN2CCC[C@]3(O)[C@H](CC4=O)[C@@H]1O. The lowest BCUT2D eigenvalue weighted by molar-refractivity contribution is -0.271. The van der Waals surface area contributed by atoms with E-state index in [4.69, 9.17) is 0 Å². The summed E-state index contributed by atoms with van der Waals surface area (Å²) in [5.41, 5.74) is -1.22. The molecule has 2 aliphatic carbocycles. The van der Waals surface area contributed by atoms with Crippen molar-refractivity contribution in [1.82, 2.24) is 4.90 Å². The molecule has 4 nitrogen and oxygen atoms in total. The molecule has 0 aromatic rings. The molecule has 2 saturated heterocycles. The highest BCUT2D eigenvalue weighted by atomic mass is 16.3. The predicted octanol–water partition coefficient (Wildman–Crippen LogP) is 0.952. The summed E-state index contributed by atoms with van der Waals surface area (Å²) in [6, 6.07) is 0. The van der Waals surface area contributed by atoms with Crippen LogP contribution in [0.15, 0.2) is 0 Å². The molecule has 0 aromatic carbocycles. The third-order valence-electron chi connectivity index (χ3n) is 6.85. The van der Waals surface area contributed by atoms with E-state index >= 15 is 0 Å². The average molecular weight is 279 g/mol. The summed E-state index contributed by atoms with van der Waals surface area (Å²) < 4.78 is 0. The van der Waals surface area contributed by atoms with Crippen molar-refractivity contribution in [3.63, 3.8) is 0 Å². The number of ketones is 1. The zero-order valence-corrected chi connectivity index (χ0v) is 12.2. The first-order valence-electron chi connectivity index (χ1n) is 8.19. The Morgan fingerprint density at radius 2 is 2.05 bits per heavy atom. The third-order valence-corrected chi connectivity index (χ3v) is 6.85. The van der Waals surface area contributed by atoms with Gasteiger partial charge in [-0.3, -0.25) is 9.69 Å². The van der Waals surface area contributed by atoms with Crippen molar-refractivity contribution in [3.05, 3.63) is 0 Å². The highest BCUT2D eigenvalue weighted by Gasteiger charge is 2.71. The second kappa shape index (κ2) is 4.05. The topological polar surface area (TPSA) is 60.8 Å². The summed E-state index contributed by atoms with van der Waals surface area (Å²) in [5.74, 6) is 0.204. The van der Waals surface area contributed by atoms with Crippen LogP contribution in [0.3, 0.4) is 0 Å². The van der Waals surface area contributed by atoms with Gasteiger partial charge >= 0.3 is 0 Å². The van der Waals surface area contributed by atoms with E-state index in [1.165, 1.54) is 0 Å². The Labute approximate surface area is 120 Å². The number of aliphatic hydroxyl groups excluding tert-OH is 1. The van der Waals surface area contributed by atoms with Gasteiger partial charge in [0.25, 0.3) is 0 Å². The quantitative estimate of drug-likeness (QED) is 0.693. The van der Waals surface area contributed by atoms with E-state index in [-0.39, 0.29) is 29.1 Å². The molecule has 2 saturated carbocycles. The molecule has 2 aliphatic heterocycles. The first-order valence-corrected chi connectivity index (χ1v) is 8.19. The molecule has 1 spiro atoms. The van der Waals surface area contributed by atoms with Crippen molar-refractivity contribution in [1.29, 1.82) is 0 Å². The third kappa shape index (κ3) is 1.31. The number of hydrogen-bond acceptors (Lipinski definition) is 4. The maximum Gasteiger partial charge on any atom is 0.138 e. The summed E-state index contributed by atoms with van der Waals surface area (Å²) in [7, 11) is 0. The number of aliphatic hydroxyl groups is 2. The number of piperidine rings is 2. The Kier molecular flexibility index (Phi) is 2.68. The second-order valence-electron chi connectivity index (χ2n) is 7.58. The Balaban J connectivity index is 1.90. The summed E-state index contributed by atoms with van der Waals surface area (Å²) >= 11 is 0. The van der Waals surface area contributed by atoms with Crippen LogP contribution in [0.4, 0.5) is 0 Å². The molecule has 2 heterocycles. The van der Waals surface area contributed by atoms with Crippen molar-refractivity contribution in [3.8, 4) is 0 Å². The molecule has 2 bridgehead atoms. The number of carbonyl (C=O) groups is 1. The average Bonchev–Trinajstić information content (AvgIpc) is 2.41. The zero-order chi connectivity index (χ0) is 14.1. The second-order valence-corrected chi connectivity index (χ2v) is 7.58. The van der Waals surface area contributed by atoms with E-state index in [9.17, 15) is 15.0 Å². The van der Waals surface area contributed by atoms with Crippen molar-refractivity contribution in [2.24, 2.45) is 17.8 Å². The van der Waals surface area contributed by atoms with Crippen LogP contribution in [0.25, 0.3) is 0 Å². The summed E-state index contributed by atoms with van der Waals surface area (Å²) in [6.07, 6.45) is 4.35. The monoisotopic (exact) mass is 279 g/mol. The molecule has 0 unspecified atom stereocenters. The van der Waals surface area contributed by atoms with Crippen molar-refractivity contribution in [2.45, 2.75) is 62.7 Å².